The van der Waals surface area contributed by atoms with Gasteiger partial charge in [0, 0.05) is 13.6 Å². The number of allylic oxidation sites excluding steroid dienone is 3. The number of aliphatic imine (C=N–C) groups is 1. The molecule has 0 spiro atoms. The number of hydrogen-bond donors (Lipinski definition) is 1. The monoisotopic (exact) mass is 154 g/mol. The molecule has 0 amide bonds. The lowest BCUT2D eigenvalue weighted by molar-refractivity contribution is 0.317. The summed E-state index contributed by atoms with van der Waals surface area (Å²) in [5.74, 6) is 0.720. The Kier molecular flexibility index (Phi) is 6.33. The molecule has 3 heteroatoms. The van der Waals surface area contributed by atoms with Crippen molar-refractivity contribution < 1.29 is 4.74 Å². The zero-order valence-corrected chi connectivity index (χ0v) is 6.95. The molecule has 0 aromatic carbocycles. The van der Waals surface area contributed by atoms with E-state index >= 15 is 0 Å². The van der Waals surface area contributed by atoms with Crippen molar-refractivity contribution in [2.24, 2.45) is 10.7 Å². The van der Waals surface area contributed by atoms with Crippen molar-refractivity contribution in [1.82, 2.24) is 0 Å². The molecule has 0 aliphatic carbocycles. The molecule has 62 valence electrons. The van der Waals surface area contributed by atoms with Gasteiger partial charge in [0.2, 0.25) is 0 Å². The zero-order chi connectivity index (χ0) is 8.53. The van der Waals surface area contributed by atoms with Gasteiger partial charge in [-0.05, 0) is 6.08 Å². The van der Waals surface area contributed by atoms with Crippen LogP contribution < -0.4 is 5.73 Å². The summed E-state index contributed by atoms with van der Waals surface area (Å²) in [5.41, 5.74) is 5.24. The second-order valence-corrected chi connectivity index (χ2v) is 1.82. The second kappa shape index (κ2) is 7.02. The smallest absolute Gasteiger partial charge is 0.136 e. The number of hydrogen-bond acceptors (Lipinski definition) is 3. The van der Waals surface area contributed by atoms with Crippen LogP contribution in [0.3, 0.4) is 0 Å². The van der Waals surface area contributed by atoms with Gasteiger partial charge in [0.1, 0.15) is 5.76 Å². The third kappa shape index (κ3) is 5.36. The van der Waals surface area contributed by atoms with Gasteiger partial charge < -0.3 is 10.5 Å². The van der Waals surface area contributed by atoms with Crippen LogP contribution in [0.1, 0.15) is 0 Å². The Labute approximate surface area is 67.3 Å². The second-order valence-electron chi connectivity index (χ2n) is 1.82. The van der Waals surface area contributed by atoms with Crippen molar-refractivity contribution in [3.8, 4) is 0 Å². The van der Waals surface area contributed by atoms with E-state index in [0.717, 1.165) is 5.76 Å². The van der Waals surface area contributed by atoms with Gasteiger partial charge in [0.25, 0.3) is 0 Å². The van der Waals surface area contributed by atoms with Crippen LogP contribution in [0, 0.1) is 0 Å². The number of nitrogens with two attached hydrogens (primary N) is 1. The summed E-state index contributed by atoms with van der Waals surface area (Å²) < 4.78 is 4.96. The standard InChI is InChI=1S/C8H14N2O/c1-10-7-8(11-2)5-3-4-6-9/h3-5,7H,6,9H2,1-2H3/b4-3+,8-5+,10-7-. The van der Waals surface area contributed by atoms with E-state index in [1.165, 1.54) is 0 Å². The van der Waals surface area contributed by atoms with E-state index < -0.39 is 0 Å². The molecule has 0 atom stereocenters. The quantitative estimate of drug-likeness (QED) is 0.368. The molecule has 0 aliphatic heterocycles. The fourth-order valence-corrected chi connectivity index (χ4v) is 0.532. The average molecular weight is 154 g/mol. The van der Waals surface area contributed by atoms with Gasteiger partial charge in [0.05, 0.1) is 13.3 Å². The summed E-state index contributed by atoms with van der Waals surface area (Å²) in [6.07, 6.45) is 7.11. The van der Waals surface area contributed by atoms with Gasteiger partial charge in [-0.1, -0.05) is 12.2 Å². The van der Waals surface area contributed by atoms with E-state index in [-0.39, 0.29) is 0 Å². The lowest BCUT2D eigenvalue weighted by Crippen LogP contribution is -1.92. The molecule has 0 rings (SSSR count). The molecule has 0 aromatic rings. The highest BCUT2D eigenvalue weighted by molar-refractivity contribution is 5.76. The highest BCUT2D eigenvalue weighted by Gasteiger charge is 1.83. The van der Waals surface area contributed by atoms with E-state index in [9.17, 15) is 0 Å². The number of methoxy groups -OCH3 is 1. The zero-order valence-electron chi connectivity index (χ0n) is 6.95. The van der Waals surface area contributed by atoms with Gasteiger partial charge in [0.15, 0.2) is 0 Å². The molecule has 2 N–H and O–H groups in total. The summed E-state index contributed by atoms with van der Waals surface area (Å²) in [6, 6.07) is 0. The summed E-state index contributed by atoms with van der Waals surface area (Å²) in [6.45, 7) is 0.538. The Hall–Kier alpha value is -1.09. The molecule has 11 heavy (non-hydrogen) atoms. The van der Waals surface area contributed by atoms with Crippen LogP contribution in [0.5, 0.6) is 0 Å². The molecule has 0 aromatic heterocycles. The molecule has 0 aliphatic rings. The van der Waals surface area contributed by atoms with Gasteiger partial charge in [-0.2, -0.15) is 0 Å². The van der Waals surface area contributed by atoms with Gasteiger partial charge in [-0.3, -0.25) is 4.99 Å². The highest BCUT2D eigenvalue weighted by Crippen LogP contribution is 1.90. The molecule has 0 bridgehead atoms. The van der Waals surface area contributed by atoms with Crippen LogP contribution in [0.2, 0.25) is 0 Å². The SMILES string of the molecule is C\N=C/C(=C\C=C\CN)OC. The highest BCUT2D eigenvalue weighted by atomic mass is 16.5. The van der Waals surface area contributed by atoms with Crippen molar-refractivity contribution in [2.45, 2.75) is 0 Å². The Balaban J connectivity index is 4.00. The van der Waals surface area contributed by atoms with Crippen LogP contribution in [0.15, 0.2) is 29.0 Å². The molecule has 0 radical (unpaired) electrons. The number of rotatable bonds is 4. The molecular formula is C8H14N2O. The Morgan fingerprint density at radius 2 is 2.36 bits per heavy atom. The molecule has 0 heterocycles. The van der Waals surface area contributed by atoms with Crippen molar-refractivity contribution in [2.75, 3.05) is 20.7 Å². The van der Waals surface area contributed by atoms with Crippen molar-refractivity contribution in [3.63, 3.8) is 0 Å². The Morgan fingerprint density at radius 1 is 1.64 bits per heavy atom. The molecule has 0 saturated heterocycles. The van der Waals surface area contributed by atoms with Crippen molar-refractivity contribution in [1.29, 1.82) is 0 Å². The topological polar surface area (TPSA) is 47.6 Å². The van der Waals surface area contributed by atoms with Crippen LogP contribution >= 0.6 is 0 Å². The molecule has 0 unspecified atom stereocenters. The Bertz CT molecular complexity index is 171. The minimum absolute atomic E-state index is 0.538. The number of ether oxygens (including phenoxy) is 1. The third-order valence-electron chi connectivity index (χ3n) is 1.02. The molecule has 0 fully saturated rings. The molecule has 0 saturated carbocycles. The normalized spacial score (nSPS) is 13.2. The van der Waals surface area contributed by atoms with Crippen molar-refractivity contribution >= 4 is 6.21 Å². The van der Waals surface area contributed by atoms with Crippen LogP contribution in [-0.4, -0.2) is 26.9 Å². The van der Waals surface area contributed by atoms with E-state index in [0.29, 0.717) is 6.54 Å². The first kappa shape index (κ1) is 9.91. The lowest BCUT2D eigenvalue weighted by atomic mass is 10.4. The third-order valence-corrected chi connectivity index (χ3v) is 1.02. The Morgan fingerprint density at radius 3 is 2.82 bits per heavy atom. The van der Waals surface area contributed by atoms with E-state index in [1.54, 1.807) is 26.4 Å². The maximum absolute atomic E-state index is 5.24. The maximum Gasteiger partial charge on any atom is 0.136 e. The first-order valence-electron chi connectivity index (χ1n) is 3.38. The van der Waals surface area contributed by atoms with E-state index in [4.69, 9.17) is 10.5 Å². The summed E-state index contributed by atoms with van der Waals surface area (Å²) in [5, 5.41) is 0. The van der Waals surface area contributed by atoms with Gasteiger partial charge in [-0.25, -0.2) is 0 Å². The summed E-state index contributed by atoms with van der Waals surface area (Å²) in [4.78, 5) is 3.80. The predicted octanol–water partition coefficient (Wildman–Crippen LogP) is 0.732. The molecule has 3 nitrogen and oxygen atoms in total. The predicted molar refractivity (Wildman–Crippen MR) is 47.7 cm³/mol. The molecular weight excluding hydrogens is 140 g/mol. The maximum atomic E-state index is 5.24. The fourth-order valence-electron chi connectivity index (χ4n) is 0.532. The summed E-state index contributed by atoms with van der Waals surface area (Å²) >= 11 is 0. The largest absolute Gasteiger partial charge is 0.495 e. The van der Waals surface area contributed by atoms with Crippen molar-refractivity contribution in [3.05, 3.63) is 24.0 Å². The first-order valence-corrected chi connectivity index (χ1v) is 3.38. The van der Waals surface area contributed by atoms with Gasteiger partial charge in [-0.15, -0.1) is 0 Å². The van der Waals surface area contributed by atoms with Crippen LogP contribution in [0.25, 0.3) is 0 Å². The van der Waals surface area contributed by atoms with Crippen LogP contribution in [0.4, 0.5) is 0 Å². The summed E-state index contributed by atoms with van der Waals surface area (Å²) in [7, 11) is 3.29. The minimum Gasteiger partial charge on any atom is -0.495 e. The van der Waals surface area contributed by atoms with Crippen LogP contribution in [-0.2, 0) is 4.74 Å². The lowest BCUT2D eigenvalue weighted by Gasteiger charge is -1.95. The fraction of sp³-hybridized carbons (Fsp3) is 0.375. The number of nitrogens with zero attached hydrogens (tertiary/aromatic N) is 1. The first-order chi connectivity index (χ1) is 5.35. The van der Waals surface area contributed by atoms with E-state index in [1.807, 2.05) is 12.2 Å². The minimum atomic E-state index is 0.538. The van der Waals surface area contributed by atoms with Gasteiger partial charge >= 0.3 is 0 Å². The van der Waals surface area contributed by atoms with E-state index in [2.05, 4.69) is 4.99 Å². The average Bonchev–Trinajstić information content (AvgIpc) is 2.03.